The van der Waals surface area contributed by atoms with Crippen molar-refractivity contribution >= 4 is 11.6 Å². The van der Waals surface area contributed by atoms with Gasteiger partial charge in [-0.2, -0.15) is 0 Å². The molecule has 0 aliphatic carbocycles. The van der Waals surface area contributed by atoms with Gasteiger partial charge in [0, 0.05) is 11.1 Å². The first-order chi connectivity index (χ1) is 8.08. The van der Waals surface area contributed by atoms with Crippen LogP contribution in [-0.2, 0) is 0 Å². The summed E-state index contributed by atoms with van der Waals surface area (Å²) >= 11 is 6.14. The Morgan fingerprint density at radius 2 is 1.82 bits per heavy atom. The maximum atomic E-state index is 13.1. The highest BCUT2D eigenvalue weighted by molar-refractivity contribution is 6.31. The zero-order valence-corrected chi connectivity index (χ0v) is 10.2. The first-order valence-electron chi connectivity index (χ1n) is 5.39. The van der Waals surface area contributed by atoms with E-state index in [1.807, 2.05) is 31.2 Å². The van der Waals surface area contributed by atoms with Gasteiger partial charge in [0.05, 0.1) is 0 Å². The van der Waals surface area contributed by atoms with E-state index in [-0.39, 0.29) is 11.9 Å². The standard InChI is InChI=1S/C14H13ClFN/c1-9(17)13-6-5-11(8-14(13)15)10-3-2-4-12(16)7-10/h2-9H,17H2,1H3. The van der Waals surface area contributed by atoms with Gasteiger partial charge in [-0.1, -0.05) is 35.9 Å². The smallest absolute Gasteiger partial charge is 0.123 e. The molecule has 1 nitrogen and oxygen atoms in total. The molecular weight excluding hydrogens is 237 g/mol. The van der Waals surface area contributed by atoms with Gasteiger partial charge >= 0.3 is 0 Å². The Kier molecular flexibility index (Phi) is 3.46. The highest BCUT2D eigenvalue weighted by atomic mass is 35.5. The van der Waals surface area contributed by atoms with Crippen molar-refractivity contribution in [1.82, 2.24) is 0 Å². The number of benzene rings is 2. The molecule has 17 heavy (non-hydrogen) atoms. The average Bonchev–Trinajstić information content (AvgIpc) is 2.28. The topological polar surface area (TPSA) is 26.0 Å². The van der Waals surface area contributed by atoms with Crippen LogP contribution in [0.3, 0.4) is 0 Å². The summed E-state index contributed by atoms with van der Waals surface area (Å²) < 4.78 is 13.1. The van der Waals surface area contributed by atoms with Crippen LogP contribution in [-0.4, -0.2) is 0 Å². The molecule has 0 aliphatic rings. The van der Waals surface area contributed by atoms with E-state index in [1.54, 1.807) is 6.07 Å². The fraction of sp³-hybridized carbons (Fsp3) is 0.143. The third kappa shape index (κ3) is 2.65. The molecule has 0 amide bonds. The maximum absolute atomic E-state index is 13.1. The molecule has 0 spiro atoms. The quantitative estimate of drug-likeness (QED) is 0.850. The minimum absolute atomic E-state index is 0.107. The van der Waals surface area contributed by atoms with Gasteiger partial charge in [0.1, 0.15) is 5.82 Å². The number of hydrogen-bond acceptors (Lipinski definition) is 1. The predicted molar refractivity (Wildman–Crippen MR) is 69.4 cm³/mol. The second-order valence-corrected chi connectivity index (χ2v) is 4.44. The van der Waals surface area contributed by atoms with E-state index in [2.05, 4.69) is 0 Å². The van der Waals surface area contributed by atoms with Crippen LogP contribution in [0.5, 0.6) is 0 Å². The fourth-order valence-electron chi connectivity index (χ4n) is 1.74. The van der Waals surface area contributed by atoms with Crippen molar-refractivity contribution in [2.24, 2.45) is 5.73 Å². The molecule has 0 aliphatic heterocycles. The Bertz CT molecular complexity index is 537. The summed E-state index contributed by atoms with van der Waals surface area (Å²) in [4.78, 5) is 0. The Morgan fingerprint density at radius 3 is 2.41 bits per heavy atom. The first kappa shape index (κ1) is 12.1. The normalized spacial score (nSPS) is 12.5. The van der Waals surface area contributed by atoms with Gasteiger partial charge in [-0.15, -0.1) is 0 Å². The third-order valence-corrected chi connectivity index (χ3v) is 2.98. The van der Waals surface area contributed by atoms with E-state index >= 15 is 0 Å². The monoisotopic (exact) mass is 249 g/mol. The molecule has 88 valence electrons. The molecule has 0 fully saturated rings. The number of nitrogens with two attached hydrogens (primary N) is 1. The molecule has 2 N–H and O–H groups in total. The van der Waals surface area contributed by atoms with Crippen molar-refractivity contribution in [2.45, 2.75) is 13.0 Å². The van der Waals surface area contributed by atoms with Gasteiger partial charge in [0.2, 0.25) is 0 Å². The van der Waals surface area contributed by atoms with Crippen LogP contribution in [0, 0.1) is 5.82 Å². The zero-order valence-electron chi connectivity index (χ0n) is 9.45. The lowest BCUT2D eigenvalue weighted by atomic mass is 10.0. The minimum Gasteiger partial charge on any atom is -0.324 e. The summed E-state index contributed by atoms with van der Waals surface area (Å²) in [6.07, 6.45) is 0. The fourth-order valence-corrected chi connectivity index (χ4v) is 2.10. The molecule has 0 saturated heterocycles. The summed E-state index contributed by atoms with van der Waals surface area (Å²) in [6, 6.07) is 11.9. The van der Waals surface area contributed by atoms with Gasteiger partial charge in [0.25, 0.3) is 0 Å². The molecule has 2 aromatic carbocycles. The van der Waals surface area contributed by atoms with E-state index in [0.29, 0.717) is 5.02 Å². The molecule has 0 aromatic heterocycles. The zero-order chi connectivity index (χ0) is 12.4. The molecular formula is C14H13ClFN. The number of rotatable bonds is 2. The van der Waals surface area contributed by atoms with Crippen molar-refractivity contribution in [3.05, 3.63) is 58.9 Å². The summed E-state index contributed by atoms with van der Waals surface area (Å²) in [5, 5.41) is 0.613. The van der Waals surface area contributed by atoms with Gasteiger partial charge < -0.3 is 5.73 Å². The Labute approximate surface area is 105 Å². The molecule has 2 rings (SSSR count). The van der Waals surface area contributed by atoms with Crippen LogP contribution in [0.15, 0.2) is 42.5 Å². The van der Waals surface area contributed by atoms with Crippen molar-refractivity contribution in [3.8, 4) is 11.1 Å². The van der Waals surface area contributed by atoms with Crippen molar-refractivity contribution in [2.75, 3.05) is 0 Å². The highest BCUT2D eigenvalue weighted by Gasteiger charge is 2.07. The molecule has 0 radical (unpaired) electrons. The SMILES string of the molecule is CC(N)c1ccc(-c2cccc(F)c2)cc1Cl. The largest absolute Gasteiger partial charge is 0.324 e. The van der Waals surface area contributed by atoms with E-state index in [9.17, 15) is 4.39 Å². The van der Waals surface area contributed by atoms with Gasteiger partial charge in [0.15, 0.2) is 0 Å². The van der Waals surface area contributed by atoms with Crippen LogP contribution in [0.4, 0.5) is 4.39 Å². The summed E-state index contributed by atoms with van der Waals surface area (Å²) in [5.74, 6) is -0.255. The Balaban J connectivity index is 2.44. The Morgan fingerprint density at radius 1 is 1.12 bits per heavy atom. The molecule has 0 saturated carbocycles. The molecule has 2 aromatic rings. The van der Waals surface area contributed by atoms with E-state index in [0.717, 1.165) is 16.7 Å². The van der Waals surface area contributed by atoms with Gasteiger partial charge in [-0.25, -0.2) is 4.39 Å². The molecule has 1 atom stereocenters. The first-order valence-corrected chi connectivity index (χ1v) is 5.76. The molecule has 1 unspecified atom stereocenters. The van der Waals surface area contributed by atoms with Crippen molar-refractivity contribution in [3.63, 3.8) is 0 Å². The second kappa shape index (κ2) is 4.86. The lowest BCUT2D eigenvalue weighted by molar-refractivity contribution is 0.628. The van der Waals surface area contributed by atoms with Crippen LogP contribution in [0.25, 0.3) is 11.1 Å². The van der Waals surface area contributed by atoms with Gasteiger partial charge in [-0.3, -0.25) is 0 Å². The molecule has 0 heterocycles. The van der Waals surface area contributed by atoms with E-state index < -0.39 is 0 Å². The van der Waals surface area contributed by atoms with Crippen LogP contribution in [0.1, 0.15) is 18.5 Å². The van der Waals surface area contributed by atoms with Crippen LogP contribution < -0.4 is 5.73 Å². The number of halogens is 2. The third-order valence-electron chi connectivity index (χ3n) is 2.65. The number of hydrogen-bond donors (Lipinski definition) is 1. The van der Waals surface area contributed by atoms with E-state index in [1.165, 1.54) is 12.1 Å². The van der Waals surface area contributed by atoms with E-state index in [4.69, 9.17) is 17.3 Å². The summed E-state index contributed by atoms with van der Waals surface area (Å²) in [6.45, 7) is 1.88. The van der Waals surface area contributed by atoms with Crippen molar-refractivity contribution in [1.29, 1.82) is 0 Å². The lowest BCUT2D eigenvalue weighted by Crippen LogP contribution is -2.05. The summed E-state index contributed by atoms with van der Waals surface area (Å²) in [7, 11) is 0. The highest BCUT2D eigenvalue weighted by Crippen LogP contribution is 2.28. The average molecular weight is 250 g/mol. The minimum atomic E-state index is -0.255. The molecule has 0 bridgehead atoms. The van der Waals surface area contributed by atoms with Gasteiger partial charge in [-0.05, 0) is 41.8 Å². The second-order valence-electron chi connectivity index (χ2n) is 4.04. The van der Waals surface area contributed by atoms with Crippen molar-refractivity contribution < 1.29 is 4.39 Å². The van der Waals surface area contributed by atoms with Crippen LogP contribution >= 0.6 is 11.6 Å². The maximum Gasteiger partial charge on any atom is 0.123 e. The van der Waals surface area contributed by atoms with Crippen LogP contribution in [0.2, 0.25) is 5.02 Å². The predicted octanol–water partition coefficient (Wildman–Crippen LogP) is 4.17. The Hall–Kier alpha value is -1.38. The lowest BCUT2D eigenvalue weighted by Gasteiger charge is -2.10. The molecule has 3 heteroatoms. The summed E-state index contributed by atoms with van der Waals surface area (Å²) in [5.41, 5.74) is 8.37.